The molecule has 0 amide bonds. The fourth-order valence-electron chi connectivity index (χ4n) is 8.86. The molecule has 12 aromatic rings. The Morgan fingerprint density at radius 1 is 0.306 bits per heavy atom. The van der Waals surface area contributed by atoms with Crippen LogP contribution < -0.4 is 0 Å². The lowest BCUT2D eigenvalue weighted by atomic mass is 10.0. The zero-order chi connectivity index (χ0) is 41.0. The minimum absolute atomic E-state index is 0.544. The number of nitrogens with zero attached hydrogens (tertiary/aromatic N) is 4. The second-order valence-corrected chi connectivity index (χ2v) is 15.6. The van der Waals surface area contributed by atoms with E-state index in [4.69, 9.17) is 19.4 Å². The first-order valence-electron chi connectivity index (χ1n) is 20.8. The molecule has 0 spiro atoms. The summed E-state index contributed by atoms with van der Waals surface area (Å²) in [4.78, 5) is 15.6. The first kappa shape index (κ1) is 35.5. The minimum atomic E-state index is 0.544. The molecule has 0 saturated carbocycles. The normalized spacial score (nSPS) is 11.5. The van der Waals surface area contributed by atoms with E-state index in [-0.39, 0.29) is 0 Å². The highest BCUT2D eigenvalue weighted by molar-refractivity contribution is 6.18. The van der Waals surface area contributed by atoms with Crippen LogP contribution in [0.25, 0.3) is 117 Å². The summed E-state index contributed by atoms with van der Waals surface area (Å²) < 4.78 is 9.29. The number of hydrogen-bond acceptors (Lipinski definition) is 4. The lowest BCUT2D eigenvalue weighted by molar-refractivity contribution is 0.670. The summed E-state index contributed by atoms with van der Waals surface area (Å²) in [6.07, 6.45) is 0. The van der Waals surface area contributed by atoms with Gasteiger partial charge in [-0.25, -0.2) is 15.0 Å². The fraction of sp³-hybridized carbons (Fsp3) is 0. The molecule has 9 aromatic carbocycles. The molecule has 0 N–H and O–H groups in total. The van der Waals surface area contributed by atoms with Gasteiger partial charge in [0.25, 0.3) is 0 Å². The molecule has 62 heavy (non-hydrogen) atoms. The number of hydrogen-bond donors (Lipinski definition) is 0. The molecular formula is C57H36N4O. The summed E-state index contributed by atoms with van der Waals surface area (Å²) in [5, 5.41) is 4.31. The van der Waals surface area contributed by atoms with Gasteiger partial charge in [0.1, 0.15) is 11.2 Å². The molecule has 0 fully saturated rings. The average molecular weight is 793 g/mol. The monoisotopic (exact) mass is 792 g/mol. The van der Waals surface area contributed by atoms with Crippen molar-refractivity contribution in [2.45, 2.75) is 0 Å². The predicted octanol–water partition coefficient (Wildman–Crippen LogP) is 14.9. The van der Waals surface area contributed by atoms with Crippen LogP contribution in [0.4, 0.5) is 0 Å². The largest absolute Gasteiger partial charge is 0.455 e. The molecule has 0 radical (unpaired) electrons. The van der Waals surface area contributed by atoms with E-state index in [0.29, 0.717) is 17.5 Å². The highest BCUT2D eigenvalue weighted by atomic mass is 16.3. The number of rotatable bonds is 7. The smallest absolute Gasteiger partial charge is 0.167 e. The van der Waals surface area contributed by atoms with Crippen molar-refractivity contribution in [3.63, 3.8) is 0 Å². The van der Waals surface area contributed by atoms with E-state index in [1.807, 2.05) is 12.1 Å². The Kier molecular flexibility index (Phi) is 8.42. The number of benzene rings is 9. The molecule has 0 aliphatic rings. The van der Waals surface area contributed by atoms with Gasteiger partial charge in [-0.1, -0.05) is 170 Å². The van der Waals surface area contributed by atoms with Crippen LogP contribution in [0, 0.1) is 0 Å². The lowest BCUT2D eigenvalue weighted by Crippen LogP contribution is -2.00. The van der Waals surface area contributed by atoms with Crippen LogP contribution in [0.5, 0.6) is 0 Å². The quantitative estimate of drug-likeness (QED) is 0.161. The molecule has 5 heteroatoms. The van der Waals surface area contributed by atoms with Crippen LogP contribution in [0.2, 0.25) is 0 Å². The number of furan rings is 1. The first-order valence-corrected chi connectivity index (χ1v) is 20.8. The van der Waals surface area contributed by atoms with E-state index in [1.54, 1.807) is 0 Å². The number of fused-ring (bicyclic) bond motifs is 6. The molecule has 0 atom stereocenters. The Morgan fingerprint density at radius 2 is 0.790 bits per heavy atom. The van der Waals surface area contributed by atoms with Crippen LogP contribution >= 0.6 is 0 Å². The third-order valence-corrected chi connectivity index (χ3v) is 11.8. The maximum Gasteiger partial charge on any atom is 0.167 e. The van der Waals surface area contributed by atoms with Crippen molar-refractivity contribution in [2.24, 2.45) is 0 Å². The van der Waals surface area contributed by atoms with E-state index in [0.717, 1.165) is 88.4 Å². The zero-order valence-corrected chi connectivity index (χ0v) is 33.5. The van der Waals surface area contributed by atoms with Crippen molar-refractivity contribution in [1.29, 1.82) is 0 Å². The fourth-order valence-corrected chi connectivity index (χ4v) is 8.86. The molecule has 0 unspecified atom stereocenters. The van der Waals surface area contributed by atoms with E-state index in [9.17, 15) is 0 Å². The number of aromatic nitrogens is 4. The summed E-state index contributed by atoms with van der Waals surface area (Å²) >= 11 is 0. The van der Waals surface area contributed by atoms with Gasteiger partial charge in [0, 0.05) is 38.4 Å². The number of para-hydroxylation sites is 2. The van der Waals surface area contributed by atoms with Crippen molar-refractivity contribution in [1.82, 2.24) is 19.5 Å². The topological polar surface area (TPSA) is 56.7 Å². The third kappa shape index (κ3) is 6.14. The Hall–Kier alpha value is -8.41. The van der Waals surface area contributed by atoms with E-state index in [2.05, 4.69) is 211 Å². The van der Waals surface area contributed by atoms with Crippen LogP contribution in [-0.4, -0.2) is 19.5 Å². The van der Waals surface area contributed by atoms with Crippen molar-refractivity contribution in [2.75, 3.05) is 0 Å². The summed E-state index contributed by atoms with van der Waals surface area (Å²) in [6.45, 7) is 0. The van der Waals surface area contributed by atoms with Gasteiger partial charge in [0.15, 0.2) is 17.5 Å². The van der Waals surface area contributed by atoms with Crippen LogP contribution in [0.3, 0.4) is 0 Å². The predicted molar refractivity (Wildman–Crippen MR) is 254 cm³/mol. The van der Waals surface area contributed by atoms with Gasteiger partial charge in [-0.05, 0) is 81.9 Å². The average Bonchev–Trinajstić information content (AvgIpc) is 3.89. The van der Waals surface area contributed by atoms with Crippen molar-refractivity contribution < 1.29 is 4.42 Å². The molecule has 12 rings (SSSR count). The lowest BCUT2D eigenvalue weighted by Gasteiger charge is -2.11. The first-order chi connectivity index (χ1) is 30.7. The van der Waals surface area contributed by atoms with Gasteiger partial charge in [-0.2, -0.15) is 0 Å². The molecule has 5 nitrogen and oxygen atoms in total. The molecule has 0 bridgehead atoms. The van der Waals surface area contributed by atoms with Crippen molar-refractivity contribution in [3.8, 4) is 73.2 Å². The van der Waals surface area contributed by atoms with Gasteiger partial charge in [-0.3, -0.25) is 0 Å². The second kappa shape index (κ2) is 14.7. The highest BCUT2D eigenvalue weighted by Crippen LogP contribution is 2.41. The summed E-state index contributed by atoms with van der Waals surface area (Å²) in [5.74, 6) is 1.72. The van der Waals surface area contributed by atoms with Crippen LogP contribution in [0.15, 0.2) is 223 Å². The molecular weight excluding hydrogens is 757 g/mol. The van der Waals surface area contributed by atoms with E-state index >= 15 is 0 Å². The van der Waals surface area contributed by atoms with Crippen molar-refractivity contribution >= 4 is 43.7 Å². The van der Waals surface area contributed by atoms with Gasteiger partial charge in [-0.15, -0.1) is 0 Å². The maximum absolute atomic E-state index is 6.92. The third-order valence-electron chi connectivity index (χ3n) is 11.8. The van der Waals surface area contributed by atoms with E-state index < -0.39 is 0 Å². The highest BCUT2D eigenvalue weighted by Gasteiger charge is 2.21. The van der Waals surface area contributed by atoms with Gasteiger partial charge in [0.05, 0.1) is 16.6 Å². The van der Waals surface area contributed by atoms with Crippen molar-refractivity contribution in [3.05, 3.63) is 218 Å². The molecule has 0 saturated heterocycles. The summed E-state index contributed by atoms with van der Waals surface area (Å²) in [7, 11) is 0. The van der Waals surface area contributed by atoms with Crippen LogP contribution in [-0.2, 0) is 0 Å². The summed E-state index contributed by atoms with van der Waals surface area (Å²) in [5.41, 5.74) is 14.3. The summed E-state index contributed by atoms with van der Waals surface area (Å²) in [6, 6.07) is 76.3. The van der Waals surface area contributed by atoms with Gasteiger partial charge < -0.3 is 8.98 Å². The Morgan fingerprint density at radius 3 is 1.42 bits per heavy atom. The SMILES string of the molecule is c1ccc(-c2cccc(-c3nc(-c4cccc(-c5ccccc5)c4)nc(-c4cccc5c4oc4cc6c7ccccc7n(-c7cccc(-c8ccccc8)c7)c6cc45)n3)c2)cc1. The standard InChI is InChI=1S/C57H36N4O/c1-4-16-37(17-5-1)40-22-12-25-43(32-40)55-58-56(44-26-13-23-41(33-44)38-18-6-2-7-19-38)60-57(59-55)48-30-15-29-47-50-35-52-49(36-53(50)62-54(47)48)46-28-10-11-31-51(46)61(52)45-27-14-24-42(34-45)39-20-8-3-9-21-39/h1-36H. The zero-order valence-electron chi connectivity index (χ0n) is 33.5. The Bertz CT molecular complexity index is 3530. The Balaban J connectivity index is 1.05. The molecule has 3 aromatic heterocycles. The minimum Gasteiger partial charge on any atom is -0.455 e. The van der Waals surface area contributed by atoms with Gasteiger partial charge in [0.2, 0.25) is 0 Å². The molecule has 3 heterocycles. The maximum atomic E-state index is 6.92. The molecule has 0 aliphatic heterocycles. The molecule has 0 aliphatic carbocycles. The Labute approximate surface area is 357 Å². The second-order valence-electron chi connectivity index (χ2n) is 15.6. The molecule has 290 valence electrons. The van der Waals surface area contributed by atoms with Gasteiger partial charge >= 0.3 is 0 Å². The van der Waals surface area contributed by atoms with Crippen LogP contribution in [0.1, 0.15) is 0 Å². The van der Waals surface area contributed by atoms with E-state index in [1.165, 1.54) is 11.1 Å².